The number of piperazine rings is 1. The maximum Gasteiger partial charge on any atom is 0.291 e. The van der Waals surface area contributed by atoms with Crippen LogP contribution in [0.15, 0.2) is 27.7 Å². The fourth-order valence-corrected chi connectivity index (χ4v) is 9.90. The normalized spacial score (nSPS) is 28.2. The number of carbonyl (C=O) groups excluding carboxylic acids is 2. The van der Waals surface area contributed by atoms with Crippen LogP contribution in [0.4, 0.5) is 11.5 Å². The summed E-state index contributed by atoms with van der Waals surface area (Å²) in [7, 11) is 0. The average Bonchev–Trinajstić information content (AvgIpc) is 3.45. The first-order chi connectivity index (χ1) is 21.8. The Balaban J connectivity index is 1.05. The number of thioether (sulfide) groups is 1. The maximum absolute atomic E-state index is 13.8. The molecule has 4 bridgehead atoms. The van der Waals surface area contributed by atoms with Crippen LogP contribution in [-0.4, -0.2) is 66.0 Å². The molecule has 0 aromatic carbocycles. The standard InChI is InChI=1S/C34H48N6O4S/c1-34(2,33(42)37-26-9-6-10-36-30(26)40-13-11-35-12-14-40)20-43-32-29(45-25-7-4-3-5-8-25)28(44-39-32)31(41)38-27-23-16-21-15-22(18-23)19-24(27)17-21/h6,9-10,21-25,27,35H,3-5,7-8,11-20H2,1-2H3,(H,37,42)(H,38,41). The Morgan fingerprint density at radius 3 is 2.49 bits per heavy atom. The van der Waals surface area contributed by atoms with Crippen molar-refractivity contribution >= 4 is 35.1 Å². The van der Waals surface area contributed by atoms with Gasteiger partial charge >= 0.3 is 0 Å². The summed E-state index contributed by atoms with van der Waals surface area (Å²) in [5.41, 5.74) is -0.193. The Hall–Kier alpha value is -2.79. The van der Waals surface area contributed by atoms with Gasteiger partial charge < -0.3 is 30.1 Å². The second kappa shape index (κ2) is 13.1. The molecule has 0 radical (unpaired) electrons. The van der Waals surface area contributed by atoms with E-state index in [-0.39, 0.29) is 30.2 Å². The number of hydrogen-bond acceptors (Lipinski definition) is 9. The van der Waals surface area contributed by atoms with Gasteiger partial charge in [-0.1, -0.05) is 19.3 Å². The molecule has 244 valence electrons. The van der Waals surface area contributed by atoms with Crippen molar-refractivity contribution < 1.29 is 18.8 Å². The van der Waals surface area contributed by atoms with Crippen molar-refractivity contribution in [2.45, 2.75) is 94.2 Å². The van der Waals surface area contributed by atoms with Gasteiger partial charge in [-0.05, 0) is 99.8 Å². The molecule has 45 heavy (non-hydrogen) atoms. The van der Waals surface area contributed by atoms with Crippen LogP contribution in [-0.2, 0) is 4.79 Å². The first kappa shape index (κ1) is 30.8. The van der Waals surface area contributed by atoms with Gasteiger partial charge in [0.2, 0.25) is 11.7 Å². The summed E-state index contributed by atoms with van der Waals surface area (Å²) in [5, 5.41) is 14.5. The molecule has 0 spiro atoms. The zero-order valence-electron chi connectivity index (χ0n) is 26.7. The van der Waals surface area contributed by atoms with Gasteiger partial charge in [-0.3, -0.25) is 9.59 Å². The number of nitrogens with zero attached hydrogens (tertiary/aromatic N) is 3. The zero-order valence-corrected chi connectivity index (χ0v) is 27.5. The minimum atomic E-state index is -0.884. The third kappa shape index (κ3) is 6.70. The van der Waals surface area contributed by atoms with Crippen molar-refractivity contribution in [1.29, 1.82) is 0 Å². The van der Waals surface area contributed by atoms with Crippen molar-refractivity contribution in [1.82, 2.24) is 20.8 Å². The summed E-state index contributed by atoms with van der Waals surface area (Å²) in [6.07, 6.45) is 13.9. The number of ether oxygens (including phenoxy) is 1. The maximum atomic E-state index is 13.8. The van der Waals surface area contributed by atoms with Gasteiger partial charge in [0.1, 0.15) is 11.5 Å². The summed E-state index contributed by atoms with van der Waals surface area (Å²) in [6, 6.07) is 3.95. The van der Waals surface area contributed by atoms with Crippen LogP contribution in [0.25, 0.3) is 0 Å². The molecule has 6 aliphatic rings. The van der Waals surface area contributed by atoms with Crippen molar-refractivity contribution in [2.24, 2.45) is 29.1 Å². The summed E-state index contributed by atoms with van der Waals surface area (Å²) in [4.78, 5) is 34.8. The monoisotopic (exact) mass is 636 g/mol. The second-order valence-electron chi connectivity index (χ2n) is 14.7. The van der Waals surface area contributed by atoms with Gasteiger partial charge in [0.25, 0.3) is 11.8 Å². The van der Waals surface area contributed by atoms with E-state index < -0.39 is 5.41 Å². The Labute approximate surface area is 270 Å². The quantitative estimate of drug-likeness (QED) is 0.310. The van der Waals surface area contributed by atoms with Gasteiger partial charge in [-0.25, -0.2) is 4.98 Å². The fourth-order valence-electron chi connectivity index (χ4n) is 8.56. The highest BCUT2D eigenvalue weighted by Gasteiger charge is 2.49. The van der Waals surface area contributed by atoms with Gasteiger partial charge in [-0.15, -0.1) is 11.8 Å². The van der Waals surface area contributed by atoms with Crippen LogP contribution in [0.5, 0.6) is 5.88 Å². The molecule has 11 heteroatoms. The van der Waals surface area contributed by atoms with E-state index in [9.17, 15) is 9.59 Å². The molecule has 0 unspecified atom stereocenters. The molecule has 1 saturated heterocycles. The van der Waals surface area contributed by atoms with Gasteiger partial charge in [0, 0.05) is 43.7 Å². The number of aromatic nitrogens is 2. The molecule has 10 nitrogen and oxygen atoms in total. The molecular weight excluding hydrogens is 588 g/mol. The largest absolute Gasteiger partial charge is 0.474 e. The van der Waals surface area contributed by atoms with Crippen LogP contribution < -0.4 is 25.6 Å². The summed E-state index contributed by atoms with van der Waals surface area (Å²) in [6.45, 7) is 7.23. The van der Waals surface area contributed by atoms with Crippen molar-refractivity contribution in [3.8, 4) is 5.88 Å². The minimum Gasteiger partial charge on any atom is -0.474 e. The van der Waals surface area contributed by atoms with Crippen molar-refractivity contribution in [2.75, 3.05) is 43.0 Å². The number of hydrogen-bond donors (Lipinski definition) is 3. The number of carbonyl (C=O) groups is 2. The van der Waals surface area contributed by atoms with Gasteiger partial charge in [-0.2, -0.15) is 0 Å². The number of pyridine rings is 1. The van der Waals surface area contributed by atoms with Crippen molar-refractivity contribution in [3.05, 3.63) is 24.1 Å². The van der Waals surface area contributed by atoms with Crippen LogP contribution in [0, 0.1) is 29.1 Å². The molecule has 5 saturated carbocycles. The summed E-state index contributed by atoms with van der Waals surface area (Å²) in [5.74, 6) is 3.83. The first-order valence-corrected chi connectivity index (χ1v) is 18.0. The molecule has 6 fully saturated rings. The Kier molecular flexibility index (Phi) is 9.01. The topological polar surface area (TPSA) is 122 Å². The zero-order chi connectivity index (χ0) is 31.0. The predicted molar refractivity (Wildman–Crippen MR) is 175 cm³/mol. The smallest absolute Gasteiger partial charge is 0.291 e. The Bertz CT molecular complexity index is 1340. The third-order valence-corrected chi connectivity index (χ3v) is 12.2. The minimum absolute atomic E-state index is 0.0867. The van der Waals surface area contributed by atoms with E-state index in [1.54, 1.807) is 18.0 Å². The van der Waals surface area contributed by atoms with E-state index >= 15 is 0 Å². The van der Waals surface area contributed by atoms with E-state index in [0.717, 1.165) is 56.7 Å². The molecule has 3 N–H and O–H groups in total. The molecule has 8 rings (SSSR count). The number of nitrogens with one attached hydrogen (secondary N) is 3. The number of rotatable bonds is 10. The van der Waals surface area contributed by atoms with E-state index in [0.29, 0.717) is 33.5 Å². The molecule has 2 aromatic rings. The van der Waals surface area contributed by atoms with E-state index in [4.69, 9.17) is 9.26 Å². The van der Waals surface area contributed by atoms with Crippen LogP contribution in [0.3, 0.4) is 0 Å². The third-order valence-electron chi connectivity index (χ3n) is 10.8. The highest BCUT2D eigenvalue weighted by Crippen LogP contribution is 2.54. The lowest BCUT2D eigenvalue weighted by Gasteiger charge is -2.54. The average molecular weight is 637 g/mol. The molecule has 3 heterocycles. The highest BCUT2D eigenvalue weighted by molar-refractivity contribution is 8.00. The molecule has 1 aliphatic heterocycles. The Morgan fingerprint density at radius 2 is 1.78 bits per heavy atom. The SMILES string of the molecule is CC(C)(COc1noc(C(=O)NC2C3CC4CC(C3)CC2C4)c1SC1CCCCC1)C(=O)Nc1cccnc1N1CCNCC1. The van der Waals surface area contributed by atoms with Gasteiger partial charge in [0.15, 0.2) is 5.82 Å². The summed E-state index contributed by atoms with van der Waals surface area (Å²) >= 11 is 1.66. The predicted octanol–water partition coefficient (Wildman–Crippen LogP) is 5.50. The fraction of sp³-hybridized carbons (Fsp3) is 0.706. The molecule has 0 atom stereocenters. The second-order valence-corrected chi connectivity index (χ2v) is 16.0. The lowest BCUT2D eigenvalue weighted by atomic mass is 9.54. The lowest BCUT2D eigenvalue weighted by molar-refractivity contribution is -0.125. The number of anilines is 2. The van der Waals surface area contributed by atoms with E-state index in [2.05, 4.69) is 31.0 Å². The summed E-state index contributed by atoms with van der Waals surface area (Å²) < 4.78 is 12.0. The van der Waals surface area contributed by atoms with Crippen LogP contribution >= 0.6 is 11.8 Å². The highest BCUT2D eigenvalue weighted by atomic mass is 32.2. The molecule has 2 amide bonds. The molecular formula is C34H48N6O4S. The van der Waals surface area contributed by atoms with Crippen LogP contribution in [0.2, 0.25) is 0 Å². The lowest BCUT2D eigenvalue weighted by Crippen LogP contribution is -2.55. The number of amides is 2. The van der Waals surface area contributed by atoms with E-state index in [1.807, 2.05) is 26.0 Å². The van der Waals surface area contributed by atoms with Crippen molar-refractivity contribution in [3.63, 3.8) is 0 Å². The Morgan fingerprint density at radius 1 is 1.07 bits per heavy atom. The van der Waals surface area contributed by atoms with Gasteiger partial charge in [0.05, 0.1) is 11.1 Å². The van der Waals surface area contributed by atoms with Crippen LogP contribution in [0.1, 0.15) is 88.6 Å². The molecule has 5 aliphatic carbocycles. The van der Waals surface area contributed by atoms with E-state index in [1.165, 1.54) is 51.4 Å². The first-order valence-electron chi connectivity index (χ1n) is 17.2. The molecule has 2 aromatic heterocycles.